The van der Waals surface area contributed by atoms with Crippen molar-refractivity contribution in [1.29, 1.82) is 0 Å². The topological polar surface area (TPSA) is 94.5 Å². The van der Waals surface area contributed by atoms with Crippen molar-refractivity contribution in [2.45, 2.75) is 6.04 Å². The van der Waals surface area contributed by atoms with Gasteiger partial charge in [0, 0.05) is 12.6 Å². The Bertz CT molecular complexity index is 1060. The van der Waals surface area contributed by atoms with Crippen LogP contribution in [-0.2, 0) is 9.59 Å². The Hall–Kier alpha value is -3.68. The Labute approximate surface area is 173 Å². The Balaban J connectivity index is 1.84. The van der Waals surface area contributed by atoms with Crippen LogP contribution in [0.2, 0.25) is 0 Å². The maximum Gasteiger partial charge on any atom is 0.295 e. The zero-order valence-corrected chi connectivity index (χ0v) is 16.8. The first-order chi connectivity index (χ1) is 14.5. The van der Waals surface area contributed by atoms with Crippen LogP contribution in [0.3, 0.4) is 0 Å². The molecule has 2 aliphatic heterocycles. The number of hydrogen-bond acceptors (Lipinski definition) is 7. The summed E-state index contributed by atoms with van der Waals surface area (Å²) in [5, 5.41) is 11.0. The van der Waals surface area contributed by atoms with Crippen molar-refractivity contribution in [2.24, 2.45) is 0 Å². The highest BCUT2D eigenvalue weighted by Gasteiger charge is 2.44. The second kappa shape index (κ2) is 7.62. The van der Waals surface area contributed by atoms with Crippen molar-refractivity contribution in [3.8, 4) is 23.0 Å². The van der Waals surface area contributed by atoms with Gasteiger partial charge in [0.1, 0.15) is 19.0 Å². The number of ether oxygens (including phenoxy) is 4. The molecule has 156 valence electrons. The second-order valence-corrected chi connectivity index (χ2v) is 6.88. The molecule has 8 heteroatoms. The average molecular weight is 411 g/mol. The lowest BCUT2D eigenvalue weighted by atomic mass is 9.95. The number of amides is 1. The molecule has 0 saturated carbocycles. The summed E-state index contributed by atoms with van der Waals surface area (Å²) in [6, 6.07) is 9.20. The van der Waals surface area contributed by atoms with Gasteiger partial charge in [-0.2, -0.15) is 0 Å². The molecule has 2 aliphatic rings. The van der Waals surface area contributed by atoms with Crippen LogP contribution in [0.1, 0.15) is 17.2 Å². The van der Waals surface area contributed by atoms with Gasteiger partial charge in [-0.3, -0.25) is 9.59 Å². The molecule has 1 saturated heterocycles. The predicted molar refractivity (Wildman–Crippen MR) is 107 cm³/mol. The van der Waals surface area contributed by atoms with Crippen molar-refractivity contribution in [3.63, 3.8) is 0 Å². The van der Waals surface area contributed by atoms with Crippen LogP contribution in [0.15, 0.2) is 42.0 Å². The van der Waals surface area contributed by atoms with Crippen LogP contribution in [0.5, 0.6) is 23.0 Å². The molecule has 2 heterocycles. The number of rotatable bonds is 4. The number of hydrogen-bond donors (Lipinski definition) is 1. The van der Waals surface area contributed by atoms with Crippen LogP contribution in [-0.4, -0.2) is 56.2 Å². The first-order valence-corrected chi connectivity index (χ1v) is 9.32. The van der Waals surface area contributed by atoms with Crippen molar-refractivity contribution in [2.75, 3.05) is 34.5 Å². The number of likely N-dealkylation sites (tertiary alicyclic amines) is 1. The largest absolute Gasteiger partial charge is 0.507 e. The van der Waals surface area contributed by atoms with E-state index in [0.29, 0.717) is 47.3 Å². The van der Waals surface area contributed by atoms with Gasteiger partial charge in [-0.1, -0.05) is 6.07 Å². The molecule has 0 aromatic heterocycles. The zero-order valence-electron chi connectivity index (χ0n) is 16.8. The summed E-state index contributed by atoms with van der Waals surface area (Å²) < 4.78 is 21.7. The number of aliphatic hydroxyl groups is 1. The first-order valence-electron chi connectivity index (χ1n) is 9.32. The number of nitrogens with zero attached hydrogens (tertiary/aromatic N) is 1. The molecule has 1 fully saturated rings. The van der Waals surface area contributed by atoms with E-state index in [1.165, 1.54) is 26.2 Å². The molecule has 1 amide bonds. The highest BCUT2D eigenvalue weighted by Crippen LogP contribution is 2.42. The van der Waals surface area contributed by atoms with Gasteiger partial charge in [0.05, 0.1) is 25.8 Å². The smallest absolute Gasteiger partial charge is 0.295 e. The van der Waals surface area contributed by atoms with Crippen molar-refractivity contribution < 1.29 is 33.6 Å². The molecular formula is C22H21NO7. The van der Waals surface area contributed by atoms with Crippen LogP contribution in [0, 0.1) is 0 Å². The van der Waals surface area contributed by atoms with Gasteiger partial charge < -0.3 is 29.0 Å². The maximum atomic E-state index is 12.8. The van der Waals surface area contributed by atoms with E-state index in [1.54, 1.807) is 36.4 Å². The minimum atomic E-state index is -0.780. The van der Waals surface area contributed by atoms with Gasteiger partial charge >= 0.3 is 0 Å². The molecule has 0 aliphatic carbocycles. The second-order valence-electron chi connectivity index (χ2n) is 6.88. The fourth-order valence-corrected chi connectivity index (χ4v) is 3.71. The molecular weight excluding hydrogens is 390 g/mol. The summed E-state index contributed by atoms with van der Waals surface area (Å²) in [7, 11) is 4.54. The number of ketones is 1. The lowest BCUT2D eigenvalue weighted by Gasteiger charge is -2.22. The molecule has 1 N–H and O–H groups in total. The molecule has 2 aromatic carbocycles. The Morgan fingerprint density at radius 3 is 2.40 bits per heavy atom. The Kier molecular flexibility index (Phi) is 4.99. The molecule has 30 heavy (non-hydrogen) atoms. The number of aliphatic hydroxyl groups excluding tert-OH is 1. The molecule has 1 atom stereocenters. The minimum absolute atomic E-state index is 0.00797. The minimum Gasteiger partial charge on any atom is -0.507 e. The van der Waals surface area contributed by atoms with E-state index in [-0.39, 0.29) is 11.3 Å². The molecule has 4 rings (SSSR count). The number of carbonyl (C=O) groups is 2. The summed E-state index contributed by atoms with van der Waals surface area (Å²) in [5.74, 6) is 0.256. The van der Waals surface area contributed by atoms with Gasteiger partial charge in [-0.25, -0.2) is 0 Å². The van der Waals surface area contributed by atoms with Crippen LogP contribution in [0.4, 0.5) is 0 Å². The van der Waals surface area contributed by atoms with E-state index in [2.05, 4.69) is 0 Å². The van der Waals surface area contributed by atoms with Gasteiger partial charge in [-0.15, -0.1) is 0 Å². The molecule has 2 aromatic rings. The Morgan fingerprint density at radius 1 is 1.00 bits per heavy atom. The van der Waals surface area contributed by atoms with Crippen molar-refractivity contribution >= 4 is 17.4 Å². The number of fused-ring (bicyclic) bond motifs is 1. The number of Topliss-reactive ketones (excluding diaryl/α,β-unsaturated/α-hetero) is 1. The lowest BCUT2D eigenvalue weighted by Crippen LogP contribution is -2.24. The summed E-state index contributed by atoms with van der Waals surface area (Å²) >= 11 is 0. The lowest BCUT2D eigenvalue weighted by molar-refractivity contribution is -0.139. The zero-order chi connectivity index (χ0) is 21.4. The van der Waals surface area contributed by atoms with Crippen molar-refractivity contribution in [1.82, 2.24) is 4.90 Å². The third-order valence-electron chi connectivity index (χ3n) is 5.21. The third kappa shape index (κ3) is 3.10. The predicted octanol–water partition coefficient (Wildman–Crippen LogP) is 2.53. The molecule has 0 spiro atoms. The number of carbonyl (C=O) groups excluding carboxylic acids is 2. The van der Waals surface area contributed by atoms with E-state index in [9.17, 15) is 14.7 Å². The molecule has 0 bridgehead atoms. The van der Waals surface area contributed by atoms with Gasteiger partial charge in [-0.05, 0) is 35.9 Å². The summed E-state index contributed by atoms with van der Waals surface area (Å²) in [6.07, 6.45) is 0. The van der Waals surface area contributed by atoms with Crippen LogP contribution in [0.25, 0.3) is 5.76 Å². The summed E-state index contributed by atoms with van der Waals surface area (Å²) in [4.78, 5) is 26.5. The Morgan fingerprint density at radius 2 is 1.70 bits per heavy atom. The van der Waals surface area contributed by atoms with Gasteiger partial charge in [0.2, 0.25) is 0 Å². The van der Waals surface area contributed by atoms with E-state index >= 15 is 0 Å². The van der Waals surface area contributed by atoms with Gasteiger partial charge in [0.25, 0.3) is 11.7 Å². The summed E-state index contributed by atoms with van der Waals surface area (Å²) in [6.45, 7) is 0.834. The maximum absolute atomic E-state index is 12.8. The quantitative estimate of drug-likeness (QED) is 0.469. The monoisotopic (exact) mass is 411 g/mol. The van der Waals surface area contributed by atoms with E-state index in [4.69, 9.17) is 18.9 Å². The fourth-order valence-electron chi connectivity index (χ4n) is 3.71. The highest BCUT2D eigenvalue weighted by molar-refractivity contribution is 6.46. The average Bonchev–Trinajstić information content (AvgIpc) is 3.01. The standard InChI is InChI=1S/C22H21NO7/c1-23-19(12-4-6-14(27-2)16(10-12)28-3)18(21(25)22(23)26)20(24)13-5-7-15-17(11-13)30-9-8-29-15/h4-7,10-11,19,24H,8-9H2,1-3H3/b20-18+. The number of benzene rings is 2. The van der Waals surface area contributed by atoms with Gasteiger partial charge in [0.15, 0.2) is 23.0 Å². The highest BCUT2D eigenvalue weighted by atomic mass is 16.6. The van der Waals surface area contributed by atoms with Crippen LogP contribution < -0.4 is 18.9 Å². The van der Waals surface area contributed by atoms with E-state index in [0.717, 1.165) is 0 Å². The number of methoxy groups -OCH3 is 2. The SMILES string of the molecule is COc1ccc(C2/C(=C(\O)c3ccc4c(c3)OCCO4)C(=O)C(=O)N2C)cc1OC. The molecule has 8 nitrogen and oxygen atoms in total. The molecule has 1 unspecified atom stereocenters. The summed E-state index contributed by atoms with van der Waals surface area (Å²) in [5.41, 5.74) is 0.955. The number of likely N-dealkylation sites (N-methyl/N-ethyl adjacent to an activating group) is 1. The van der Waals surface area contributed by atoms with Crippen LogP contribution >= 0.6 is 0 Å². The fraction of sp³-hybridized carbons (Fsp3) is 0.273. The van der Waals surface area contributed by atoms with Crippen molar-refractivity contribution in [3.05, 3.63) is 53.1 Å². The first kappa shape index (κ1) is 19.6. The molecule has 0 radical (unpaired) electrons. The third-order valence-corrected chi connectivity index (χ3v) is 5.21. The van der Waals surface area contributed by atoms with E-state index in [1.807, 2.05) is 0 Å². The normalized spacial score (nSPS) is 19.7. The van der Waals surface area contributed by atoms with E-state index < -0.39 is 17.7 Å².